The number of benzene rings is 2. The first-order chi connectivity index (χ1) is 20.3. The molecule has 0 aliphatic carbocycles. The van der Waals surface area contributed by atoms with Crippen molar-refractivity contribution >= 4 is 5.97 Å². The van der Waals surface area contributed by atoms with Gasteiger partial charge in [0.1, 0.15) is 18.1 Å². The van der Waals surface area contributed by atoms with E-state index in [0.29, 0.717) is 12.6 Å². The Bertz CT molecular complexity index is 1660. The molecule has 0 saturated heterocycles. The van der Waals surface area contributed by atoms with Gasteiger partial charge in [0.15, 0.2) is 5.56 Å². The van der Waals surface area contributed by atoms with Crippen molar-refractivity contribution in [3.63, 3.8) is 0 Å². The maximum Gasteiger partial charge on any atom is 0.345 e. The van der Waals surface area contributed by atoms with E-state index in [1.807, 2.05) is 35.8 Å². The number of fused-ring (bicyclic) bond motifs is 4. The molecule has 2 atom stereocenters. The number of ether oxygens (including phenoxy) is 3. The predicted octanol–water partition coefficient (Wildman–Crippen LogP) is 5.02. The van der Waals surface area contributed by atoms with Crippen molar-refractivity contribution in [3.05, 3.63) is 88.1 Å². The van der Waals surface area contributed by atoms with Crippen molar-refractivity contribution in [2.75, 3.05) is 20.3 Å². The summed E-state index contributed by atoms with van der Waals surface area (Å²) in [6.07, 6.45) is 1.88. The minimum atomic E-state index is -1.07. The van der Waals surface area contributed by atoms with Crippen LogP contribution in [0.3, 0.4) is 0 Å². The summed E-state index contributed by atoms with van der Waals surface area (Å²) in [5, 5.41) is 13.9. The van der Waals surface area contributed by atoms with Crippen LogP contribution in [-0.4, -0.2) is 52.1 Å². The van der Waals surface area contributed by atoms with Gasteiger partial charge >= 0.3 is 17.7 Å². The number of carboxylic acids is 1. The Kier molecular flexibility index (Phi) is 7.47. The van der Waals surface area contributed by atoms with Crippen LogP contribution in [0.1, 0.15) is 58.3 Å². The van der Waals surface area contributed by atoms with E-state index in [4.69, 9.17) is 14.2 Å². The number of aryl methyl sites for hydroxylation is 1. The number of nitrogens with zero attached hydrogens (tertiary/aromatic N) is 4. The lowest BCUT2D eigenvalue weighted by atomic mass is 9.91. The molecule has 9 nitrogen and oxygen atoms in total. The Hall–Kier alpha value is -4.21. The highest BCUT2D eigenvalue weighted by atomic mass is 16.5. The normalized spacial score (nSPS) is 16.6. The Morgan fingerprint density at radius 2 is 2.00 bits per heavy atom. The molecule has 0 spiro atoms. The van der Waals surface area contributed by atoms with Crippen LogP contribution >= 0.6 is 0 Å². The van der Waals surface area contributed by atoms with Crippen LogP contribution in [0.2, 0.25) is 0 Å². The molecule has 1 N–H and O–H groups in total. The van der Waals surface area contributed by atoms with Crippen molar-refractivity contribution in [3.8, 4) is 28.7 Å². The van der Waals surface area contributed by atoms with Crippen molar-refractivity contribution in [1.82, 2.24) is 14.7 Å². The van der Waals surface area contributed by atoms with Gasteiger partial charge in [-0.2, -0.15) is 4.57 Å². The van der Waals surface area contributed by atoms with Gasteiger partial charge < -0.3 is 19.3 Å². The first-order valence-corrected chi connectivity index (χ1v) is 14.4. The molecule has 6 rings (SSSR count). The van der Waals surface area contributed by atoms with Crippen LogP contribution in [-0.2, 0) is 24.3 Å². The zero-order valence-electron chi connectivity index (χ0n) is 24.8. The Morgan fingerprint density at radius 1 is 1.19 bits per heavy atom. The van der Waals surface area contributed by atoms with Gasteiger partial charge in [0.25, 0.3) is 0 Å². The molecule has 0 radical (unpaired) electrons. The number of aromatic nitrogens is 3. The largest absolute Gasteiger partial charge is 0.488 e. The molecule has 0 bridgehead atoms. The number of para-hydroxylation sites is 1. The zero-order chi connectivity index (χ0) is 29.5. The van der Waals surface area contributed by atoms with Gasteiger partial charge in [0.05, 0.1) is 18.4 Å². The van der Waals surface area contributed by atoms with Crippen molar-refractivity contribution in [1.29, 1.82) is 0 Å². The number of methoxy groups -OCH3 is 1. The number of hydrogen-bond donors (Lipinski definition) is 1. The van der Waals surface area contributed by atoms with Gasteiger partial charge in [-0.05, 0) is 73.2 Å². The second kappa shape index (κ2) is 11.2. The Balaban J connectivity index is 1.31. The number of aromatic carboxylic acids is 1. The topological polar surface area (TPSA) is 89.9 Å². The van der Waals surface area contributed by atoms with Gasteiger partial charge in [-0.25, -0.2) is 4.79 Å². The molecule has 2 aliphatic heterocycles. The number of rotatable bonds is 8. The third-order valence-electron chi connectivity index (χ3n) is 8.55. The smallest absolute Gasteiger partial charge is 0.345 e. The van der Waals surface area contributed by atoms with E-state index in [1.165, 1.54) is 33.1 Å². The monoisotopic (exact) mass is 569 g/mol. The van der Waals surface area contributed by atoms with E-state index in [-0.39, 0.29) is 11.4 Å². The SMILES string of the molecule is COCC(C)N1CCc2c(ccc(COc3c(C)cccc3-c3cccc4[n+]3C(C)Oc3c(C(=O)O)cnn3-4)c2C)C1. The molecule has 2 aliphatic rings. The van der Waals surface area contributed by atoms with Crippen molar-refractivity contribution in [2.24, 2.45) is 0 Å². The molecule has 2 aromatic carbocycles. The second-order valence-corrected chi connectivity index (χ2v) is 11.2. The highest BCUT2D eigenvalue weighted by molar-refractivity contribution is 5.90. The molecule has 0 saturated carbocycles. The van der Waals surface area contributed by atoms with E-state index < -0.39 is 12.2 Å². The summed E-state index contributed by atoms with van der Waals surface area (Å²) in [7, 11) is 1.76. The molecule has 0 amide bonds. The quantitative estimate of drug-likeness (QED) is 0.298. The van der Waals surface area contributed by atoms with Gasteiger partial charge in [-0.3, -0.25) is 4.90 Å². The van der Waals surface area contributed by atoms with E-state index in [1.54, 1.807) is 7.11 Å². The summed E-state index contributed by atoms with van der Waals surface area (Å²) in [5.74, 6) is 0.685. The molecular formula is C33H37N4O5+. The second-order valence-electron chi connectivity index (χ2n) is 11.2. The van der Waals surface area contributed by atoms with E-state index >= 15 is 0 Å². The van der Waals surface area contributed by atoms with E-state index in [0.717, 1.165) is 54.5 Å². The standard InChI is InChI=1S/C33H36N4O5/c1-20-8-6-9-27(29-10-7-11-30-36(29)23(4)42-32-28(33(38)39)16-34-37(30)32)31(20)41-19-25-13-12-24-17-35(21(2)18-40-5)15-14-26(24)22(25)3/h6-13,16,21,23H,14-15,17-19H2,1-5H3/p+1. The Labute approximate surface area is 245 Å². The summed E-state index contributed by atoms with van der Waals surface area (Å²) < 4.78 is 21.7. The molecule has 42 heavy (non-hydrogen) atoms. The lowest BCUT2D eigenvalue weighted by molar-refractivity contribution is -0.740. The molecule has 4 heterocycles. The van der Waals surface area contributed by atoms with Gasteiger partial charge in [0.2, 0.25) is 6.23 Å². The van der Waals surface area contributed by atoms with E-state index in [9.17, 15) is 9.90 Å². The van der Waals surface area contributed by atoms with Crippen LogP contribution in [0.5, 0.6) is 11.6 Å². The fourth-order valence-corrected chi connectivity index (χ4v) is 6.24. The van der Waals surface area contributed by atoms with Crippen molar-refractivity contribution in [2.45, 2.75) is 59.5 Å². The molecule has 2 unspecified atom stereocenters. The summed E-state index contributed by atoms with van der Waals surface area (Å²) in [6.45, 7) is 11.5. The third-order valence-corrected chi connectivity index (χ3v) is 8.55. The molecule has 2 aromatic heterocycles. The minimum Gasteiger partial charge on any atom is -0.488 e. The third kappa shape index (κ3) is 4.82. The maximum atomic E-state index is 11.7. The Morgan fingerprint density at radius 3 is 2.79 bits per heavy atom. The zero-order valence-corrected chi connectivity index (χ0v) is 24.8. The molecule has 0 fully saturated rings. The van der Waals surface area contributed by atoms with Crippen LogP contribution in [0.25, 0.3) is 17.1 Å². The van der Waals surface area contributed by atoms with Crippen LogP contribution in [0.4, 0.5) is 0 Å². The van der Waals surface area contributed by atoms with Crippen LogP contribution < -0.4 is 14.0 Å². The average Bonchev–Trinajstić information content (AvgIpc) is 3.41. The van der Waals surface area contributed by atoms with Gasteiger partial charge in [-0.1, -0.05) is 34.0 Å². The first kappa shape index (κ1) is 27.9. The van der Waals surface area contributed by atoms with Crippen molar-refractivity contribution < 1.29 is 28.7 Å². The summed E-state index contributed by atoms with van der Waals surface area (Å²) in [5.41, 5.74) is 8.18. The molecule has 4 aromatic rings. The number of carbonyl (C=O) groups is 1. The highest BCUT2D eigenvalue weighted by Crippen LogP contribution is 2.36. The lowest BCUT2D eigenvalue weighted by Crippen LogP contribution is -2.50. The summed E-state index contributed by atoms with van der Waals surface area (Å²) >= 11 is 0. The number of pyridine rings is 1. The highest BCUT2D eigenvalue weighted by Gasteiger charge is 2.38. The van der Waals surface area contributed by atoms with Crippen LogP contribution in [0.15, 0.2) is 54.7 Å². The average molecular weight is 570 g/mol. The molecule has 9 heteroatoms. The van der Waals surface area contributed by atoms with Gasteiger partial charge in [-0.15, -0.1) is 0 Å². The fourth-order valence-electron chi connectivity index (χ4n) is 6.24. The fraction of sp³-hybridized carbons (Fsp3) is 0.364. The summed E-state index contributed by atoms with van der Waals surface area (Å²) in [4.78, 5) is 14.2. The van der Waals surface area contributed by atoms with E-state index in [2.05, 4.69) is 55.0 Å². The number of carboxylic acid groups (broad SMARTS) is 1. The van der Waals surface area contributed by atoms with Crippen LogP contribution in [0, 0.1) is 13.8 Å². The molecule has 218 valence electrons. The minimum absolute atomic E-state index is 0.0377. The first-order valence-electron chi connectivity index (χ1n) is 14.4. The molecular weight excluding hydrogens is 532 g/mol. The lowest BCUT2D eigenvalue weighted by Gasteiger charge is -2.34. The summed E-state index contributed by atoms with van der Waals surface area (Å²) in [6, 6.07) is 16.8. The number of hydrogen-bond acceptors (Lipinski definition) is 6. The predicted molar refractivity (Wildman–Crippen MR) is 157 cm³/mol. The maximum absolute atomic E-state index is 11.7. The van der Waals surface area contributed by atoms with Gasteiger partial charge in [0, 0.05) is 39.2 Å².